The lowest BCUT2D eigenvalue weighted by atomic mass is 10.1. The SMILES string of the molecule is COc1ccc(CCC(=O)OCCCc2ccc(OC)c(OC)c2)cc1. The maximum atomic E-state index is 11.9. The molecule has 0 N–H and O–H groups in total. The summed E-state index contributed by atoms with van der Waals surface area (Å²) in [7, 11) is 4.86. The number of esters is 1. The maximum Gasteiger partial charge on any atom is 0.306 e. The van der Waals surface area contributed by atoms with Crippen LogP contribution in [0.2, 0.25) is 0 Å². The summed E-state index contributed by atoms with van der Waals surface area (Å²) < 4.78 is 20.9. The zero-order chi connectivity index (χ0) is 18.8. The van der Waals surface area contributed by atoms with Crippen LogP contribution in [0.5, 0.6) is 17.2 Å². The van der Waals surface area contributed by atoms with E-state index >= 15 is 0 Å². The first kappa shape index (κ1) is 19.6. The average Bonchev–Trinajstić information content (AvgIpc) is 2.69. The van der Waals surface area contributed by atoms with Crippen molar-refractivity contribution >= 4 is 5.97 Å². The Morgan fingerprint density at radius 1 is 0.808 bits per heavy atom. The monoisotopic (exact) mass is 358 g/mol. The number of rotatable bonds is 10. The molecule has 2 rings (SSSR count). The molecule has 0 bridgehead atoms. The van der Waals surface area contributed by atoms with Crippen LogP contribution in [0, 0.1) is 0 Å². The van der Waals surface area contributed by atoms with Gasteiger partial charge in [0.2, 0.25) is 0 Å². The lowest BCUT2D eigenvalue weighted by Crippen LogP contribution is -2.07. The molecular formula is C21H26O5. The second-order valence-electron chi connectivity index (χ2n) is 5.86. The third-order valence-electron chi connectivity index (χ3n) is 4.10. The highest BCUT2D eigenvalue weighted by molar-refractivity contribution is 5.69. The van der Waals surface area contributed by atoms with Gasteiger partial charge >= 0.3 is 5.97 Å². The number of ether oxygens (including phenoxy) is 4. The fraction of sp³-hybridized carbons (Fsp3) is 0.381. The predicted octanol–water partition coefficient (Wildman–Crippen LogP) is 3.82. The fourth-order valence-corrected chi connectivity index (χ4v) is 2.61. The van der Waals surface area contributed by atoms with Crippen molar-refractivity contribution in [2.24, 2.45) is 0 Å². The Hall–Kier alpha value is -2.69. The second kappa shape index (κ2) is 10.3. The summed E-state index contributed by atoms with van der Waals surface area (Å²) >= 11 is 0. The molecule has 26 heavy (non-hydrogen) atoms. The van der Waals surface area contributed by atoms with E-state index in [9.17, 15) is 4.79 Å². The maximum absolute atomic E-state index is 11.9. The standard InChI is InChI=1S/C21H26O5/c1-23-18-10-6-16(7-11-18)9-13-21(22)26-14-4-5-17-8-12-19(24-2)20(15-17)25-3/h6-8,10-12,15H,4-5,9,13-14H2,1-3H3. The third kappa shape index (κ3) is 5.99. The molecule has 0 saturated carbocycles. The topological polar surface area (TPSA) is 54.0 Å². The quantitative estimate of drug-likeness (QED) is 0.477. The van der Waals surface area contributed by atoms with E-state index in [-0.39, 0.29) is 5.97 Å². The van der Waals surface area contributed by atoms with Gasteiger partial charge in [-0.2, -0.15) is 0 Å². The number of hydrogen-bond acceptors (Lipinski definition) is 5. The number of benzene rings is 2. The highest BCUT2D eigenvalue weighted by Crippen LogP contribution is 2.27. The molecule has 0 fully saturated rings. The molecule has 0 heterocycles. The van der Waals surface area contributed by atoms with Crippen molar-refractivity contribution in [3.63, 3.8) is 0 Å². The minimum Gasteiger partial charge on any atom is -0.497 e. The molecule has 0 spiro atoms. The first-order valence-electron chi connectivity index (χ1n) is 8.65. The summed E-state index contributed by atoms with van der Waals surface area (Å²) in [5.74, 6) is 2.06. The molecule has 140 valence electrons. The highest BCUT2D eigenvalue weighted by Gasteiger charge is 2.06. The van der Waals surface area contributed by atoms with Gasteiger partial charge in [0, 0.05) is 6.42 Å². The lowest BCUT2D eigenvalue weighted by molar-refractivity contribution is -0.143. The van der Waals surface area contributed by atoms with E-state index < -0.39 is 0 Å². The van der Waals surface area contributed by atoms with Crippen LogP contribution in [0.15, 0.2) is 42.5 Å². The van der Waals surface area contributed by atoms with Crippen molar-refractivity contribution in [3.8, 4) is 17.2 Å². The summed E-state index contributed by atoms with van der Waals surface area (Å²) in [6, 6.07) is 13.5. The van der Waals surface area contributed by atoms with Crippen molar-refractivity contribution in [1.29, 1.82) is 0 Å². The number of hydrogen-bond donors (Lipinski definition) is 0. The molecule has 5 nitrogen and oxygen atoms in total. The van der Waals surface area contributed by atoms with Crippen LogP contribution >= 0.6 is 0 Å². The molecule has 0 aliphatic heterocycles. The van der Waals surface area contributed by atoms with E-state index in [1.54, 1.807) is 21.3 Å². The van der Waals surface area contributed by atoms with Crippen molar-refractivity contribution in [2.45, 2.75) is 25.7 Å². The van der Waals surface area contributed by atoms with E-state index in [1.165, 1.54) is 0 Å². The second-order valence-corrected chi connectivity index (χ2v) is 5.86. The largest absolute Gasteiger partial charge is 0.497 e. The van der Waals surface area contributed by atoms with Crippen LogP contribution in [-0.2, 0) is 22.4 Å². The Balaban J connectivity index is 1.68. The van der Waals surface area contributed by atoms with E-state index in [2.05, 4.69) is 0 Å². The molecule has 0 aliphatic carbocycles. The van der Waals surface area contributed by atoms with Crippen molar-refractivity contribution in [3.05, 3.63) is 53.6 Å². The van der Waals surface area contributed by atoms with E-state index in [0.717, 1.165) is 29.7 Å². The van der Waals surface area contributed by atoms with E-state index in [0.29, 0.717) is 30.9 Å². The van der Waals surface area contributed by atoms with Gasteiger partial charge < -0.3 is 18.9 Å². The first-order chi connectivity index (χ1) is 12.7. The van der Waals surface area contributed by atoms with Crippen LogP contribution in [-0.4, -0.2) is 33.9 Å². The van der Waals surface area contributed by atoms with E-state index in [1.807, 2.05) is 42.5 Å². The predicted molar refractivity (Wildman–Crippen MR) is 100 cm³/mol. The molecule has 0 aromatic heterocycles. The van der Waals surface area contributed by atoms with Crippen molar-refractivity contribution < 1.29 is 23.7 Å². The lowest BCUT2D eigenvalue weighted by Gasteiger charge is -2.10. The Kier molecular flexibility index (Phi) is 7.80. The third-order valence-corrected chi connectivity index (χ3v) is 4.10. The first-order valence-corrected chi connectivity index (χ1v) is 8.65. The zero-order valence-corrected chi connectivity index (χ0v) is 15.6. The smallest absolute Gasteiger partial charge is 0.306 e. The van der Waals surface area contributed by atoms with Crippen LogP contribution in [0.25, 0.3) is 0 Å². The van der Waals surface area contributed by atoms with Crippen molar-refractivity contribution in [1.82, 2.24) is 0 Å². The molecule has 0 atom stereocenters. The van der Waals surface area contributed by atoms with Crippen LogP contribution in [0.3, 0.4) is 0 Å². The summed E-state index contributed by atoms with van der Waals surface area (Å²) in [4.78, 5) is 11.9. The minimum absolute atomic E-state index is 0.173. The zero-order valence-electron chi connectivity index (χ0n) is 15.6. The minimum atomic E-state index is -0.173. The van der Waals surface area contributed by atoms with Crippen LogP contribution in [0.4, 0.5) is 0 Å². The molecule has 0 unspecified atom stereocenters. The molecule has 0 amide bonds. The summed E-state index contributed by atoms with van der Waals surface area (Å²) in [6.45, 7) is 0.412. The average molecular weight is 358 g/mol. The normalized spacial score (nSPS) is 10.3. The van der Waals surface area contributed by atoms with Gasteiger partial charge in [-0.1, -0.05) is 18.2 Å². The van der Waals surface area contributed by atoms with Gasteiger partial charge in [-0.15, -0.1) is 0 Å². The molecule has 2 aromatic rings. The molecule has 0 saturated heterocycles. The molecule has 5 heteroatoms. The number of methoxy groups -OCH3 is 3. The Labute approximate surface area is 154 Å². The number of aryl methyl sites for hydroxylation is 2. The van der Waals surface area contributed by atoms with Gasteiger partial charge in [-0.25, -0.2) is 0 Å². The van der Waals surface area contributed by atoms with Gasteiger partial charge in [-0.05, 0) is 54.7 Å². The molecule has 2 aromatic carbocycles. The van der Waals surface area contributed by atoms with Gasteiger partial charge in [-0.3, -0.25) is 4.79 Å². The van der Waals surface area contributed by atoms with Gasteiger partial charge in [0.25, 0.3) is 0 Å². The Bertz CT molecular complexity index is 694. The summed E-state index contributed by atoms with van der Waals surface area (Å²) in [5, 5.41) is 0. The Morgan fingerprint density at radius 2 is 1.50 bits per heavy atom. The Morgan fingerprint density at radius 3 is 2.15 bits per heavy atom. The molecular weight excluding hydrogens is 332 g/mol. The highest BCUT2D eigenvalue weighted by atomic mass is 16.5. The summed E-state index contributed by atoms with van der Waals surface area (Å²) in [5.41, 5.74) is 2.21. The summed E-state index contributed by atoms with van der Waals surface area (Å²) in [6.07, 6.45) is 2.62. The van der Waals surface area contributed by atoms with Crippen molar-refractivity contribution in [2.75, 3.05) is 27.9 Å². The van der Waals surface area contributed by atoms with Gasteiger partial charge in [0.1, 0.15) is 5.75 Å². The molecule has 0 radical (unpaired) electrons. The fourth-order valence-electron chi connectivity index (χ4n) is 2.61. The van der Waals surface area contributed by atoms with E-state index in [4.69, 9.17) is 18.9 Å². The number of carbonyl (C=O) groups is 1. The van der Waals surface area contributed by atoms with Crippen LogP contribution < -0.4 is 14.2 Å². The van der Waals surface area contributed by atoms with Gasteiger partial charge in [0.15, 0.2) is 11.5 Å². The van der Waals surface area contributed by atoms with Crippen LogP contribution in [0.1, 0.15) is 24.0 Å². The molecule has 0 aliphatic rings. The van der Waals surface area contributed by atoms with Gasteiger partial charge in [0.05, 0.1) is 27.9 Å². The number of carbonyl (C=O) groups excluding carboxylic acids is 1.